The van der Waals surface area contributed by atoms with E-state index in [1.54, 1.807) is 0 Å². The minimum absolute atomic E-state index is 0.000249. The van der Waals surface area contributed by atoms with Crippen molar-refractivity contribution >= 4 is 45.2 Å². The van der Waals surface area contributed by atoms with E-state index in [-0.39, 0.29) is 12.1 Å². The maximum Gasteiger partial charge on any atom is 0.341 e. The highest BCUT2D eigenvalue weighted by atomic mass is 35.8. The summed E-state index contributed by atoms with van der Waals surface area (Å²) in [6.07, 6.45) is 15.9. The molecule has 0 rings (SSSR count). The van der Waals surface area contributed by atoms with Gasteiger partial charge in [-0.25, -0.2) is 4.79 Å². The molecule has 1 unspecified atom stereocenters. The van der Waals surface area contributed by atoms with Crippen molar-refractivity contribution in [2.24, 2.45) is 0 Å². The summed E-state index contributed by atoms with van der Waals surface area (Å²) in [5, 5.41) is 0. The standard InChI is InChI=1S/C18H33Cl3O2Si/c1-3-18(22)23-17(2)15-13-11-9-7-5-4-6-8-10-12-14-16-24(19,20)21/h3,17H,1,4-16H2,2H3. The minimum atomic E-state index is -2.38. The van der Waals surface area contributed by atoms with Crippen LogP contribution in [-0.2, 0) is 9.53 Å². The van der Waals surface area contributed by atoms with Crippen LogP contribution >= 0.6 is 33.2 Å². The van der Waals surface area contributed by atoms with Crippen LogP contribution in [0.5, 0.6) is 0 Å². The number of ether oxygens (including phenoxy) is 1. The SMILES string of the molecule is C=CC(=O)OC(C)CCCCCCCCCCCCC[Si](Cl)(Cl)Cl. The van der Waals surface area contributed by atoms with E-state index < -0.39 is 6.00 Å². The molecule has 0 aromatic heterocycles. The van der Waals surface area contributed by atoms with Gasteiger partial charge in [0.1, 0.15) is 0 Å². The molecule has 2 nitrogen and oxygen atoms in total. The van der Waals surface area contributed by atoms with Crippen LogP contribution in [0.4, 0.5) is 0 Å². The first kappa shape index (κ1) is 24.3. The fourth-order valence-corrected chi connectivity index (χ4v) is 4.51. The molecule has 24 heavy (non-hydrogen) atoms. The van der Waals surface area contributed by atoms with Crippen LogP contribution in [0.15, 0.2) is 12.7 Å². The summed E-state index contributed by atoms with van der Waals surface area (Å²) in [6, 6.07) is -1.59. The van der Waals surface area contributed by atoms with Crippen molar-refractivity contribution in [1.82, 2.24) is 0 Å². The van der Waals surface area contributed by atoms with Gasteiger partial charge in [0.25, 0.3) is 0 Å². The summed E-state index contributed by atoms with van der Waals surface area (Å²) in [5.74, 6) is -0.322. The van der Waals surface area contributed by atoms with Gasteiger partial charge in [0.05, 0.1) is 6.10 Å². The molecular weight excluding hydrogens is 383 g/mol. The van der Waals surface area contributed by atoms with Crippen LogP contribution in [0.3, 0.4) is 0 Å². The molecule has 142 valence electrons. The first-order valence-corrected chi connectivity index (χ1v) is 14.5. The third-order valence-corrected chi connectivity index (χ3v) is 6.68. The van der Waals surface area contributed by atoms with E-state index in [4.69, 9.17) is 38.0 Å². The fourth-order valence-electron chi connectivity index (χ4n) is 2.65. The monoisotopic (exact) mass is 414 g/mol. The van der Waals surface area contributed by atoms with Crippen molar-refractivity contribution in [3.8, 4) is 0 Å². The van der Waals surface area contributed by atoms with Crippen molar-refractivity contribution in [3.63, 3.8) is 0 Å². The number of esters is 1. The van der Waals surface area contributed by atoms with Crippen molar-refractivity contribution < 1.29 is 9.53 Å². The van der Waals surface area contributed by atoms with E-state index in [1.807, 2.05) is 6.92 Å². The second kappa shape index (κ2) is 15.5. The number of hydrogen-bond donors (Lipinski definition) is 0. The molecule has 0 saturated carbocycles. The normalized spacial score (nSPS) is 12.8. The van der Waals surface area contributed by atoms with Crippen LogP contribution in [0.1, 0.15) is 84.0 Å². The highest BCUT2D eigenvalue weighted by Gasteiger charge is 2.23. The molecule has 0 fully saturated rings. The summed E-state index contributed by atoms with van der Waals surface area (Å²) in [4.78, 5) is 11.0. The van der Waals surface area contributed by atoms with Gasteiger partial charge < -0.3 is 4.74 Å². The molecule has 0 aliphatic rings. The molecule has 0 radical (unpaired) electrons. The lowest BCUT2D eigenvalue weighted by molar-refractivity contribution is -0.142. The Bertz CT molecular complexity index is 333. The predicted molar refractivity (Wildman–Crippen MR) is 109 cm³/mol. The van der Waals surface area contributed by atoms with Gasteiger partial charge in [-0.3, -0.25) is 0 Å². The molecule has 1 atom stereocenters. The topological polar surface area (TPSA) is 26.3 Å². The Morgan fingerprint density at radius 1 is 0.917 bits per heavy atom. The summed E-state index contributed by atoms with van der Waals surface area (Å²) in [6.45, 7) is 5.34. The van der Waals surface area contributed by atoms with E-state index in [0.29, 0.717) is 0 Å². The third kappa shape index (κ3) is 18.6. The molecule has 0 aliphatic heterocycles. The molecule has 0 aromatic carbocycles. The Labute approximate surface area is 163 Å². The first-order chi connectivity index (χ1) is 11.3. The summed E-state index contributed by atoms with van der Waals surface area (Å²) in [7, 11) is 0. The lowest BCUT2D eigenvalue weighted by atomic mass is 10.0. The van der Waals surface area contributed by atoms with E-state index in [2.05, 4.69) is 6.58 Å². The van der Waals surface area contributed by atoms with Crippen LogP contribution in [0, 0.1) is 0 Å². The molecule has 0 amide bonds. The molecule has 0 aromatic rings. The van der Waals surface area contributed by atoms with E-state index in [1.165, 1.54) is 63.9 Å². The van der Waals surface area contributed by atoms with Crippen LogP contribution in [0.25, 0.3) is 0 Å². The van der Waals surface area contributed by atoms with E-state index in [0.717, 1.165) is 25.3 Å². The summed E-state index contributed by atoms with van der Waals surface area (Å²) < 4.78 is 5.14. The van der Waals surface area contributed by atoms with Gasteiger partial charge in [-0.05, 0) is 25.8 Å². The zero-order valence-corrected chi connectivity index (χ0v) is 18.3. The lowest BCUT2D eigenvalue weighted by Gasteiger charge is -2.11. The van der Waals surface area contributed by atoms with Gasteiger partial charge in [0, 0.05) is 6.08 Å². The van der Waals surface area contributed by atoms with Gasteiger partial charge in [-0.2, -0.15) is 0 Å². The smallest absolute Gasteiger partial charge is 0.341 e. The Morgan fingerprint density at radius 3 is 1.75 bits per heavy atom. The van der Waals surface area contributed by atoms with Crippen LogP contribution in [-0.4, -0.2) is 18.1 Å². The summed E-state index contributed by atoms with van der Waals surface area (Å²) in [5.41, 5.74) is 0. The van der Waals surface area contributed by atoms with Crippen LogP contribution < -0.4 is 0 Å². The second-order valence-electron chi connectivity index (χ2n) is 6.49. The number of rotatable bonds is 16. The lowest BCUT2D eigenvalue weighted by Crippen LogP contribution is -2.12. The number of halogens is 3. The van der Waals surface area contributed by atoms with E-state index >= 15 is 0 Å². The zero-order valence-electron chi connectivity index (χ0n) is 15.0. The first-order valence-electron chi connectivity index (χ1n) is 9.25. The van der Waals surface area contributed by atoms with Gasteiger partial charge in [-0.15, -0.1) is 33.2 Å². The highest BCUT2D eigenvalue weighted by molar-refractivity contribution is 7.64. The van der Waals surface area contributed by atoms with Crippen molar-refractivity contribution in [3.05, 3.63) is 12.7 Å². The molecule has 0 heterocycles. The molecule has 0 N–H and O–H groups in total. The third-order valence-electron chi connectivity index (χ3n) is 4.05. The number of unbranched alkanes of at least 4 members (excludes halogenated alkanes) is 10. The zero-order chi connectivity index (χ0) is 18.3. The van der Waals surface area contributed by atoms with Crippen LogP contribution in [0.2, 0.25) is 6.04 Å². The van der Waals surface area contributed by atoms with Crippen molar-refractivity contribution in [2.75, 3.05) is 0 Å². The Kier molecular flexibility index (Phi) is 15.7. The van der Waals surface area contributed by atoms with Gasteiger partial charge in [-0.1, -0.05) is 70.8 Å². The molecule has 0 bridgehead atoms. The largest absolute Gasteiger partial charge is 0.460 e. The average Bonchev–Trinajstić information content (AvgIpc) is 2.50. The molecule has 6 heteroatoms. The number of hydrogen-bond acceptors (Lipinski definition) is 2. The molecule has 0 spiro atoms. The average molecular weight is 416 g/mol. The van der Waals surface area contributed by atoms with Gasteiger partial charge in [0.15, 0.2) is 0 Å². The maximum atomic E-state index is 11.0. The highest BCUT2D eigenvalue weighted by Crippen LogP contribution is 2.27. The Hall–Kier alpha value is 0.297. The minimum Gasteiger partial charge on any atom is -0.460 e. The van der Waals surface area contributed by atoms with Gasteiger partial charge in [0.2, 0.25) is 0 Å². The molecular formula is C18H33Cl3O2Si. The van der Waals surface area contributed by atoms with E-state index in [9.17, 15) is 4.79 Å². The maximum absolute atomic E-state index is 11.0. The molecule has 0 saturated heterocycles. The second-order valence-corrected chi connectivity index (χ2v) is 15.8. The Morgan fingerprint density at radius 2 is 1.33 bits per heavy atom. The van der Waals surface area contributed by atoms with Crippen molar-refractivity contribution in [2.45, 2.75) is 96.1 Å². The number of carbonyl (C=O) groups is 1. The fraction of sp³-hybridized carbons (Fsp3) is 0.833. The Balaban J connectivity index is 3.20. The number of carbonyl (C=O) groups excluding carboxylic acids is 1. The van der Waals surface area contributed by atoms with Crippen molar-refractivity contribution in [1.29, 1.82) is 0 Å². The quantitative estimate of drug-likeness (QED) is 0.0860. The molecule has 0 aliphatic carbocycles. The summed E-state index contributed by atoms with van der Waals surface area (Å²) >= 11 is 17.6. The van der Waals surface area contributed by atoms with Gasteiger partial charge >= 0.3 is 12.0 Å². The predicted octanol–water partition coefficient (Wildman–Crippen LogP) is 7.44.